The van der Waals surface area contributed by atoms with E-state index in [0.29, 0.717) is 4.47 Å². The minimum atomic E-state index is -6.39. The first kappa shape index (κ1) is 23.9. The Kier molecular flexibility index (Phi) is 7.00. The zero-order valence-electron chi connectivity index (χ0n) is 14.6. The third-order valence-electron chi connectivity index (χ3n) is 3.81. The first-order valence-corrected chi connectivity index (χ1v) is 8.80. The van der Waals surface area contributed by atoms with Gasteiger partial charge in [-0.1, -0.05) is 24.3 Å². The van der Waals surface area contributed by atoms with Gasteiger partial charge in [0.1, 0.15) is 5.75 Å². The summed E-state index contributed by atoms with van der Waals surface area (Å²) in [4.78, 5) is 12.3. The smallest absolute Gasteiger partial charge is 0.381 e. The zero-order chi connectivity index (χ0) is 22.7. The van der Waals surface area contributed by atoms with Crippen molar-refractivity contribution in [2.75, 3.05) is 11.9 Å². The Morgan fingerprint density at radius 2 is 1.53 bits per heavy atom. The van der Waals surface area contributed by atoms with Crippen molar-refractivity contribution in [3.63, 3.8) is 0 Å². The van der Waals surface area contributed by atoms with Crippen LogP contribution in [0.5, 0.6) is 5.75 Å². The molecule has 0 heterocycles. The van der Waals surface area contributed by atoms with Gasteiger partial charge in [-0.05, 0) is 40.2 Å². The largest absolute Gasteiger partial charge is 0.485 e. The van der Waals surface area contributed by atoms with E-state index in [1.54, 1.807) is 12.1 Å². The van der Waals surface area contributed by atoms with Crippen LogP contribution in [0.1, 0.15) is 10.4 Å². The molecule has 30 heavy (non-hydrogen) atoms. The topological polar surface area (TPSA) is 38.3 Å². The molecule has 12 heteroatoms. The Balaban J connectivity index is 2.21. The number of halogens is 9. The van der Waals surface area contributed by atoms with Gasteiger partial charge in [-0.25, -0.2) is 8.78 Å². The van der Waals surface area contributed by atoms with Gasteiger partial charge in [-0.2, -0.15) is 26.3 Å². The fraction of sp³-hybridized carbons (Fsp3) is 0.278. The second-order valence-electron chi connectivity index (χ2n) is 5.92. The summed E-state index contributed by atoms with van der Waals surface area (Å²) in [5, 5.41) is 2.30. The number of rotatable bonds is 8. The Morgan fingerprint density at radius 3 is 2.13 bits per heavy atom. The summed E-state index contributed by atoms with van der Waals surface area (Å²) in [7, 11) is 0. The second kappa shape index (κ2) is 8.78. The average molecular weight is 506 g/mol. The molecule has 0 aliphatic heterocycles. The first-order chi connectivity index (χ1) is 13.8. The van der Waals surface area contributed by atoms with E-state index >= 15 is 0 Å². The Bertz CT molecular complexity index is 907. The molecule has 0 spiro atoms. The van der Waals surface area contributed by atoms with Crippen molar-refractivity contribution in [1.29, 1.82) is 0 Å². The summed E-state index contributed by atoms with van der Waals surface area (Å²) in [5.74, 6) is -19.6. The molecule has 0 fully saturated rings. The number of benzene rings is 2. The third-order valence-corrected chi connectivity index (χ3v) is 4.51. The van der Waals surface area contributed by atoms with E-state index in [0.717, 1.165) is 6.07 Å². The summed E-state index contributed by atoms with van der Waals surface area (Å²) in [6, 6.07) is 10.9. The molecule has 0 aromatic heterocycles. The van der Waals surface area contributed by atoms with Crippen LogP contribution in [0.2, 0.25) is 0 Å². The number of hydrogen-bond donors (Lipinski definition) is 1. The quantitative estimate of drug-likeness (QED) is 0.430. The molecule has 0 unspecified atom stereocenters. The average Bonchev–Trinajstić information content (AvgIpc) is 2.67. The van der Waals surface area contributed by atoms with E-state index in [4.69, 9.17) is 0 Å². The lowest BCUT2D eigenvalue weighted by Gasteiger charge is -2.32. The monoisotopic (exact) mass is 505 g/mol. The maximum atomic E-state index is 13.7. The van der Waals surface area contributed by atoms with E-state index in [9.17, 15) is 39.9 Å². The minimum Gasteiger partial charge on any atom is -0.485 e. The van der Waals surface area contributed by atoms with Crippen LogP contribution < -0.4 is 10.1 Å². The standard InChI is InChI=1S/C18H12BrF8NO2/c19-11-6-2-1-5-10(11)14(29)28-12-7-3-4-8-13(12)30-9-16(22,23)18(26,27)17(24,25)15(20)21/h1-8,15H,9H2,(H,28,29). The lowest BCUT2D eigenvalue weighted by atomic mass is 10.1. The normalized spacial score (nSPS) is 12.7. The highest BCUT2D eigenvalue weighted by atomic mass is 79.9. The van der Waals surface area contributed by atoms with Gasteiger partial charge in [-0.15, -0.1) is 0 Å². The highest BCUT2D eigenvalue weighted by molar-refractivity contribution is 9.10. The molecule has 0 radical (unpaired) electrons. The SMILES string of the molecule is O=C(Nc1ccccc1OCC(F)(F)C(F)(F)C(F)(F)C(F)F)c1ccccc1Br. The molecule has 2 aromatic rings. The molecule has 0 saturated heterocycles. The van der Waals surface area contributed by atoms with Crippen LogP contribution in [0.3, 0.4) is 0 Å². The first-order valence-electron chi connectivity index (χ1n) is 8.00. The van der Waals surface area contributed by atoms with Crippen LogP contribution in [-0.2, 0) is 0 Å². The summed E-state index contributed by atoms with van der Waals surface area (Å²) in [6.45, 7) is -2.34. The number of alkyl halides is 8. The molecule has 1 N–H and O–H groups in total. The Hall–Kier alpha value is -2.37. The number of carbonyl (C=O) groups excluding carboxylic acids is 1. The molecule has 0 bridgehead atoms. The maximum absolute atomic E-state index is 13.7. The van der Waals surface area contributed by atoms with Crippen molar-refractivity contribution < 1.29 is 44.7 Å². The minimum absolute atomic E-state index is 0.140. The number of anilines is 1. The summed E-state index contributed by atoms with van der Waals surface area (Å²) in [5.41, 5.74) is -0.0984. The van der Waals surface area contributed by atoms with Gasteiger partial charge in [0.2, 0.25) is 0 Å². The van der Waals surface area contributed by atoms with E-state index in [-0.39, 0.29) is 11.3 Å². The number of carbonyl (C=O) groups is 1. The Morgan fingerprint density at radius 1 is 0.967 bits per heavy atom. The number of amides is 1. The fourth-order valence-electron chi connectivity index (χ4n) is 2.17. The molecule has 0 saturated carbocycles. The highest BCUT2D eigenvalue weighted by Crippen LogP contribution is 2.48. The molecule has 2 rings (SSSR count). The molecule has 1 amide bonds. The summed E-state index contributed by atoms with van der Waals surface area (Å²) < 4.78 is 109. The van der Waals surface area contributed by atoms with E-state index in [1.807, 2.05) is 0 Å². The third kappa shape index (κ3) is 4.68. The van der Waals surface area contributed by atoms with E-state index in [2.05, 4.69) is 26.0 Å². The van der Waals surface area contributed by atoms with Crippen LogP contribution in [0.25, 0.3) is 0 Å². The molecule has 0 atom stereocenters. The fourth-order valence-corrected chi connectivity index (χ4v) is 2.64. The van der Waals surface area contributed by atoms with Crippen molar-refractivity contribution in [3.05, 3.63) is 58.6 Å². The van der Waals surface area contributed by atoms with Crippen LogP contribution in [-0.4, -0.2) is 36.7 Å². The molecule has 3 nitrogen and oxygen atoms in total. The lowest BCUT2D eigenvalue weighted by molar-refractivity contribution is -0.342. The predicted molar refractivity (Wildman–Crippen MR) is 94.9 cm³/mol. The molecule has 2 aromatic carbocycles. The number of ether oxygens (including phenoxy) is 1. The van der Waals surface area contributed by atoms with E-state index in [1.165, 1.54) is 30.3 Å². The van der Waals surface area contributed by atoms with Crippen LogP contribution in [0.4, 0.5) is 40.8 Å². The van der Waals surface area contributed by atoms with Crippen LogP contribution >= 0.6 is 15.9 Å². The molecular weight excluding hydrogens is 494 g/mol. The van der Waals surface area contributed by atoms with Crippen molar-refractivity contribution in [1.82, 2.24) is 0 Å². The van der Waals surface area contributed by atoms with Gasteiger partial charge >= 0.3 is 24.2 Å². The van der Waals surface area contributed by atoms with Gasteiger partial charge in [0.15, 0.2) is 6.61 Å². The van der Waals surface area contributed by atoms with Gasteiger partial charge in [0.05, 0.1) is 11.3 Å². The van der Waals surface area contributed by atoms with Crippen molar-refractivity contribution in [2.24, 2.45) is 0 Å². The molecular formula is C18H12BrF8NO2. The van der Waals surface area contributed by atoms with Gasteiger partial charge in [0, 0.05) is 4.47 Å². The highest BCUT2D eigenvalue weighted by Gasteiger charge is 2.75. The number of nitrogens with one attached hydrogen (secondary N) is 1. The van der Waals surface area contributed by atoms with Crippen LogP contribution in [0, 0.1) is 0 Å². The number of hydrogen-bond acceptors (Lipinski definition) is 2. The predicted octanol–water partition coefficient (Wildman–Crippen LogP) is 6.25. The second-order valence-corrected chi connectivity index (χ2v) is 6.78. The zero-order valence-corrected chi connectivity index (χ0v) is 16.2. The summed E-state index contributed by atoms with van der Waals surface area (Å²) >= 11 is 3.13. The molecule has 0 aliphatic rings. The van der Waals surface area contributed by atoms with E-state index < -0.39 is 42.5 Å². The van der Waals surface area contributed by atoms with Crippen molar-refractivity contribution >= 4 is 27.5 Å². The van der Waals surface area contributed by atoms with Gasteiger partial charge in [0.25, 0.3) is 5.91 Å². The van der Waals surface area contributed by atoms with Crippen molar-refractivity contribution in [3.8, 4) is 5.75 Å². The lowest BCUT2D eigenvalue weighted by Crippen LogP contribution is -2.59. The Labute approximate surface area is 173 Å². The summed E-state index contributed by atoms with van der Waals surface area (Å²) in [6.07, 6.45) is -5.02. The molecule has 164 valence electrons. The maximum Gasteiger partial charge on any atom is 0.381 e. The van der Waals surface area contributed by atoms with Crippen molar-refractivity contribution in [2.45, 2.75) is 24.2 Å². The van der Waals surface area contributed by atoms with Gasteiger partial charge < -0.3 is 10.1 Å². The molecule has 0 aliphatic carbocycles. The van der Waals surface area contributed by atoms with Crippen LogP contribution in [0.15, 0.2) is 53.0 Å². The number of para-hydroxylation sites is 2. The van der Waals surface area contributed by atoms with Gasteiger partial charge in [-0.3, -0.25) is 4.79 Å².